The van der Waals surface area contributed by atoms with Crippen LogP contribution in [0.2, 0.25) is 0 Å². The summed E-state index contributed by atoms with van der Waals surface area (Å²) < 4.78 is 5.85. The van der Waals surface area contributed by atoms with Gasteiger partial charge in [0.15, 0.2) is 0 Å². The molecule has 0 saturated heterocycles. The van der Waals surface area contributed by atoms with Gasteiger partial charge in [-0.3, -0.25) is 4.99 Å². The maximum atomic E-state index is 5.85. The Kier molecular flexibility index (Phi) is 3.32. The lowest BCUT2D eigenvalue weighted by molar-refractivity contribution is 0.306. The lowest BCUT2D eigenvalue weighted by atomic mass is 9.98. The number of nitrogens with zero attached hydrogens (tertiary/aromatic N) is 1. The average Bonchev–Trinajstić information content (AvgIpc) is 2.88. The first kappa shape index (κ1) is 12.0. The van der Waals surface area contributed by atoms with Gasteiger partial charge in [0.1, 0.15) is 12.4 Å². The van der Waals surface area contributed by atoms with Gasteiger partial charge in [0, 0.05) is 12.1 Å². The van der Waals surface area contributed by atoms with Crippen molar-refractivity contribution in [2.75, 3.05) is 0 Å². The van der Waals surface area contributed by atoms with E-state index in [1.807, 2.05) is 36.5 Å². The lowest BCUT2D eigenvalue weighted by Crippen LogP contribution is -1.97. The van der Waals surface area contributed by atoms with Crippen molar-refractivity contribution in [1.82, 2.24) is 0 Å². The molecule has 0 fully saturated rings. The summed E-state index contributed by atoms with van der Waals surface area (Å²) in [7, 11) is 0. The topological polar surface area (TPSA) is 21.6 Å². The highest BCUT2D eigenvalue weighted by molar-refractivity contribution is 5.81. The van der Waals surface area contributed by atoms with Crippen LogP contribution in [-0.2, 0) is 6.61 Å². The fraction of sp³-hybridized carbons (Fsp3) is 0.235. The van der Waals surface area contributed by atoms with Gasteiger partial charge in [-0.15, -0.1) is 0 Å². The fourth-order valence-corrected chi connectivity index (χ4v) is 2.35. The zero-order valence-electron chi connectivity index (χ0n) is 11.0. The zero-order valence-corrected chi connectivity index (χ0v) is 11.0. The second-order valence-corrected chi connectivity index (χ2v) is 4.79. The molecule has 1 aliphatic heterocycles. The van der Waals surface area contributed by atoms with Crippen LogP contribution in [0.5, 0.6) is 5.75 Å². The van der Waals surface area contributed by atoms with Gasteiger partial charge < -0.3 is 4.74 Å². The van der Waals surface area contributed by atoms with Gasteiger partial charge in [0.05, 0.1) is 5.69 Å². The molecule has 19 heavy (non-hydrogen) atoms. The van der Waals surface area contributed by atoms with Gasteiger partial charge in [0.25, 0.3) is 0 Å². The molecule has 2 nitrogen and oxygen atoms in total. The van der Waals surface area contributed by atoms with Gasteiger partial charge >= 0.3 is 0 Å². The third-order valence-corrected chi connectivity index (χ3v) is 3.48. The Bertz CT molecular complexity index is 589. The summed E-state index contributed by atoms with van der Waals surface area (Å²) in [4.78, 5) is 4.43. The molecule has 1 atom stereocenters. The molecule has 0 N–H and O–H groups in total. The minimum Gasteiger partial charge on any atom is -0.489 e. The van der Waals surface area contributed by atoms with Gasteiger partial charge in [-0.1, -0.05) is 37.3 Å². The van der Waals surface area contributed by atoms with Crippen LogP contribution in [0.25, 0.3) is 0 Å². The molecule has 0 saturated carbocycles. The van der Waals surface area contributed by atoms with Crippen LogP contribution < -0.4 is 4.74 Å². The maximum Gasteiger partial charge on any atom is 0.120 e. The van der Waals surface area contributed by atoms with Gasteiger partial charge in [0.2, 0.25) is 0 Å². The molecular formula is C17H17NO. The molecule has 96 valence electrons. The Morgan fingerprint density at radius 1 is 1.11 bits per heavy atom. The van der Waals surface area contributed by atoms with E-state index in [1.54, 1.807) is 0 Å². The van der Waals surface area contributed by atoms with Crippen LogP contribution in [0.15, 0.2) is 53.5 Å². The predicted molar refractivity (Wildman–Crippen MR) is 78.4 cm³/mol. The van der Waals surface area contributed by atoms with Crippen molar-refractivity contribution in [3.05, 3.63) is 59.7 Å². The largest absolute Gasteiger partial charge is 0.489 e. The maximum absolute atomic E-state index is 5.85. The van der Waals surface area contributed by atoms with E-state index in [-0.39, 0.29) is 0 Å². The second-order valence-electron chi connectivity index (χ2n) is 4.79. The average molecular weight is 251 g/mol. The van der Waals surface area contributed by atoms with Crippen molar-refractivity contribution in [3.63, 3.8) is 0 Å². The van der Waals surface area contributed by atoms with Crippen molar-refractivity contribution in [1.29, 1.82) is 0 Å². The van der Waals surface area contributed by atoms with Crippen molar-refractivity contribution in [2.45, 2.75) is 25.9 Å². The smallest absolute Gasteiger partial charge is 0.120 e. The van der Waals surface area contributed by atoms with E-state index in [0.29, 0.717) is 12.5 Å². The van der Waals surface area contributed by atoms with Crippen LogP contribution in [0.1, 0.15) is 30.4 Å². The molecule has 2 heteroatoms. The number of rotatable bonds is 4. The molecule has 0 aromatic heterocycles. The summed E-state index contributed by atoms with van der Waals surface area (Å²) >= 11 is 0. The summed E-state index contributed by atoms with van der Waals surface area (Å²) in [6.07, 6.45) is 3.12. The van der Waals surface area contributed by atoms with E-state index in [9.17, 15) is 0 Å². The third kappa shape index (κ3) is 2.53. The molecule has 0 aliphatic carbocycles. The number of hydrogen-bond acceptors (Lipinski definition) is 2. The summed E-state index contributed by atoms with van der Waals surface area (Å²) in [5.74, 6) is 1.36. The van der Waals surface area contributed by atoms with Gasteiger partial charge in [-0.05, 0) is 35.7 Å². The molecule has 0 spiro atoms. The predicted octanol–water partition coefficient (Wildman–Crippen LogP) is 4.48. The summed E-state index contributed by atoms with van der Waals surface area (Å²) in [6, 6.07) is 16.4. The third-order valence-electron chi connectivity index (χ3n) is 3.48. The number of fused-ring (bicyclic) bond motifs is 1. The molecular weight excluding hydrogens is 234 g/mol. The molecule has 1 heterocycles. The zero-order chi connectivity index (χ0) is 13.1. The minimum absolute atomic E-state index is 0.440. The van der Waals surface area contributed by atoms with E-state index in [2.05, 4.69) is 30.1 Å². The van der Waals surface area contributed by atoms with Crippen molar-refractivity contribution in [3.8, 4) is 5.75 Å². The first-order valence-electron chi connectivity index (χ1n) is 6.71. The Labute approximate surface area is 113 Å². The number of benzene rings is 2. The minimum atomic E-state index is 0.440. The van der Waals surface area contributed by atoms with Gasteiger partial charge in [-0.2, -0.15) is 0 Å². The molecule has 1 aliphatic rings. The highest BCUT2D eigenvalue weighted by atomic mass is 16.5. The molecule has 2 aromatic carbocycles. The standard InChI is InChI=1S/C17H17NO/c1-2-14-11-18-17-9-8-15(10-16(14)17)19-12-13-6-4-3-5-7-13/h3-11,14H,2,12H2,1H3. The van der Waals surface area contributed by atoms with E-state index in [0.717, 1.165) is 17.9 Å². The van der Waals surface area contributed by atoms with Crippen LogP contribution in [0.3, 0.4) is 0 Å². The van der Waals surface area contributed by atoms with Crippen molar-refractivity contribution < 1.29 is 4.74 Å². The Balaban J connectivity index is 1.73. The summed E-state index contributed by atoms with van der Waals surface area (Å²) in [5.41, 5.74) is 3.55. The molecule has 0 radical (unpaired) electrons. The fourth-order valence-electron chi connectivity index (χ4n) is 2.35. The first-order valence-corrected chi connectivity index (χ1v) is 6.71. The van der Waals surface area contributed by atoms with Crippen LogP contribution >= 0.6 is 0 Å². The first-order chi connectivity index (χ1) is 9.36. The Morgan fingerprint density at radius 2 is 1.95 bits per heavy atom. The lowest BCUT2D eigenvalue weighted by Gasteiger charge is -2.10. The molecule has 3 rings (SSSR count). The van der Waals surface area contributed by atoms with Crippen LogP contribution in [0.4, 0.5) is 5.69 Å². The number of ether oxygens (including phenoxy) is 1. The Morgan fingerprint density at radius 3 is 2.74 bits per heavy atom. The van der Waals surface area contributed by atoms with Crippen LogP contribution in [-0.4, -0.2) is 6.21 Å². The molecule has 1 unspecified atom stereocenters. The Hall–Kier alpha value is -2.09. The number of aliphatic imine (C=N–C) groups is 1. The van der Waals surface area contributed by atoms with E-state index >= 15 is 0 Å². The van der Waals surface area contributed by atoms with Crippen molar-refractivity contribution >= 4 is 11.9 Å². The monoisotopic (exact) mass is 251 g/mol. The van der Waals surface area contributed by atoms with Crippen LogP contribution in [0, 0.1) is 0 Å². The van der Waals surface area contributed by atoms with E-state index in [4.69, 9.17) is 4.74 Å². The second kappa shape index (κ2) is 5.27. The molecule has 0 bridgehead atoms. The quantitative estimate of drug-likeness (QED) is 0.785. The van der Waals surface area contributed by atoms with E-state index < -0.39 is 0 Å². The highest BCUT2D eigenvalue weighted by Gasteiger charge is 2.17. The van der Waals surface area contributed by atoms with Crippen molar-refractivity contribution in [2.24, 2.45) is 4.99 Å². The number of hydrogen-bond donors (Lipinski definition) is 0. The SMILES string of the molecule is CCC1C=Nc2ccc(OCc3ccccc3)cc21. The van der Waals surface area contributed by atoms with E-state index in [1.165, 1.54) is 11.1 Å². The summed E-state index contributed by atoms with van der Waals surface area (Å²) in [6.45, 7) is 2.79. The normalized spacial score (nSPS) is 16.4. The summed E-state index contributed by atoms with van der Waals surface area (Å²) in [5, 5.41) is 0. The molecule has 2 aromatic rings. The van der Waals surface area contributed by atoms with Gasteiger partial charge in [-0.25, -0.2) is 0 Å². The molecule has 0 amide bonds. The highest BCUT2D eigenvalue weighted by Crippen LogP contribution is 2.36.